The summed E-state index contributed by atoms with van der Waals surface area (Å²) >= 11 is 1.93. The number of hydrogen-bond acceptors (Lipinski definition) is 13. The highest BCUT2D eigenvalue weighted by atomic mass is 127. The van der Waals surface area contributed by atoms with Crippen molar-refractivity contribution < 1.29 is 58.2 Å². The van der Waals surface area contributed by atoms with Crippen molar-refractivity contribution in [2.45, 2.75) is 180 Å². The van der Waals surface area contributed by atoms with Gasteiger partial charge in [0.2, 0.25) is 5.79 Å². The standard InChI is InChI=1S/C51H79IN2O12/c1-30-16-12-11-13-17-31(2)42(62-8)28-38-21-19-36(7)51(61,66-38)48(58)49(59)54-23-15-14-18-40(54)50(60)65-43(33(4)26-37-20-22-41(55)44(27-37)63-9)29-39(53-52)32(3)25-35(6)46(57)47(64-10)45(56)34(5)24-30/h11-13,16-17,25,30,32-34,36-38,40-44,46-47,55,57,61H,14-15,18-24,26-29H2,1-10H3/b13-11+,16-12+,31-17+,35-25+,53-39-/t30-,32-,33-,34-,36-,37+,38+,40+,41-,42+,43+,44-,46-,47+,51-/m1/s1. The van der Waals surface area contributed by atoms with Gasteiger partial charge in [0.25, 0.3) is 11.7 Å². The average Bonchev–Trinajstić information content (AvgIpc) is 3.30. The number of halogens is 1. The molecule has 4 aliphatic rings. The second kappa shape index (κ2) is 26.4. The molecule has 0 spiro atoms. The van der Waals surface area contributed by atoms with Crippen LogP contribution in [0, 0.1) is 35.5 Å². The molecule has 4 rings (SSSR count). The molecule has 3 aliphatic heterocycles. The number of methoxy groups -OCH3 is 3. The van der Waals surface area contributed by atoms with E-state index < -0.39 is 77.9 Å². The van der Waals surface area contributed by atoms with Gasteiger partial charge in [-0.2, -0.15) is 0 Å². The first kappa shape index (κ1) is 56.0. The smallest absolute Gasteiger partial charge is 0.329 e. The lowest BCUT2D eigenvalue weighted by atomic mass is 9.78. The van der Waals surface area contributed by atoms with Crippen LogP contribution in [0.5, 0.6) is 0 Å². The number of hydrogen-bond donors (Lipinski definition) is 3. The summed E-state index contributed by atoms with van der Waals surface area (Å²) in [5, 5.41) is 34.1. The molecule has 1 amide bonds. The maximum absolute atomic E-state index is 14.5. The van der Waals surface area contributed by atoms with Crippen LogP contribution in [0.4, 0.5) is 0 Å². The topological polar surface area (TPSA) is 191 Å². The van der Waals surface area contributed by atoms with Gasteiger partial charge in [-0.1, -0.05) is 71.1 Å². The number of nitrogens with zero attached hydrogens (tertiary/aromatic N) is 2. The molecule has 15 atom stereocenters. The number of rotatable bonds is 6. The Balaban J connectivity index is 1.73. The number of fused-ring (bicyclic) bond motifs is 3. The van der Waals surface area contributed by atoms with Gasteiger partial charge in [0.15, 0.2) is 5.78 Å². The van der Waals surface area contributed by atoms with Gasteiger partial charge in [-0.25, -0.2) is 8.00 Å². The number of aliphatic hydroxyl groups excluding tert-OH is 2. The quantitative estimate of drug-likeness (QED) is 0.104. The molecule has 2 bridgehead atoms. The summed E-state index contributed by atoms with van der Waals surface area (Å²) in [7, 11) is 4.61. The zero-order valence-corrected chi connectivity index (χ0v) is 43.2. The van der Waals surface area contributed by atoms with Crippen molar-refractivity contribution in [3.63, 3.8) is 0 Å². The van der Waals surface area contributed by atoms with E-state index in [1.807, 2.05) is 93.9 Å². The molecular formula is C51H79IN2O12. The number of cyclic esters (lactones) is 1. The fraction of sp³-hybridized carbons (Fsp3) is 0.745. The number of ketones is 2. The summed E-state index contributed by atoms with van der Waals surface area (Å²) in [4.78, 5) is 58.1. The molecule has 15 heteroatoms. The van der Waals surface area contributed by atoms with Crippen molar-refractivity contribution in [1.29, 1.82) is 0 Å². The van der Waals surface area contributed by atoms with E-state index in [-0.39, 0.29) is 54.9 Å². The Kier molecular flexibility index (Phi) is 22.4. The SMILES string of the molecule is CO[C@H]1C[C@@H]2CC[C@@H](C)[C@@](O)(O2)C(=O)C(=O)N2CCCC[C@H]2C(=O)O[C@H]([C@H](C)C[C@@H]2CC[C@@H](O)[C@H](OC)C2)C/C(=N/I)[C@H](C)/C=C(\C)[C@@H](O)[C@@H](OC)C(=O)[C@H](C)C[C@H](C)/C=C/C=C/C=C/1C. The maximum Gasteiger partial charge on any atom is 0.329 e. The van der Waals surface area contributed by atoms with Crippen LogP contribution in [0.25, 0.3) is 0 Å². The Hall–Kier alpha value is -2.64. The minimum atomic E-state index is -2.40. The summed E-state index contributed by atoms with van der Waals surface area (Å²) in [5.74, 6) is -6.73. The van der Waals surface area contributed by atoms with Gasteiger partial charge in [-0.05, 0) is 107 Å². The lowest BCUT2D eigenvalue weighted by Crippen LogP contribution is -2.61. The van der Waals surface area contributed by atoms with Gasteiger partial charge in [-0.15, -0.1) is 0 Å². The Labute approximate surface area is 407 Å². The third-order valence-electron chi connectivity index (χ3n) is 14.6. The van der Waals surface area contributed by atoms with Gasteiger partial charge in [0.05, 0.1) is 47.3 Å². The van der Waals surface area contributed by atoms with Crippen LogP contribution in [-0.4, -0.2) is 132 Å². The fourth-order valence-corrected chi connectivity index (χ4v) is 10.9. The third kappa shape index (κ3) is 14.7. The number of Topliss-reactive ketones (excluding diaryl/α,β-unsaturated/α-hetero) is 2. The Morgan fingerprint density at radius 1 is 0.894 bits per heavy atom. The molecule has 14 nitrogen and oxygen atoms in total. The van der Waals surface area contributed by atoms with Gasteiger partial charge in [-0.3, -0.25) is 14.4 Å². The number of piperidine rings is 1. The van der Waals surface area contributed by atoms with Crippen LogP contribution < -0.4 is 0 Å². The van der Waals surface area contributed by atoms with E-state index in [1.165, 1.54) is 12.0 Å². The van der Waals surface area contributed by atoms with Gasteiger partial charge < -0.3 is 43.9 Å². The van der Waals surface area contributed by atoms with E-state index in [1.54, 1.807) is 28.1 Å². The van der Waals surface area contributed by atoms with Gasteiger partial charge >= 0.3 is 5.97 Å². The number of carbonyl (C=O) groups excluding carboxylic acids is 4. The minimum absolute atomic E-state index is 0.0469. The molecule has 0 unspecified atom stereocenters. The molecule has 0 aromatic heterocycles. The molecule has 3 N–H and O–H groups in total. The molecular weight excluding hydrogens is 959 g/mol. The normalized spacial score (nSPS) is 40.6. The first-order valence-corrected chi connectivity index (χ1v) is 25.1. The van der Waals surface area contributed by atoms with E-state index in [9.17, 15) is 34.5 Å². The second-order valence-electron chi connectivity index (χ2n) is 19.7. The highest BCUT2D eigenvalue weighted by molar-refractivity contribution is 14.1. The predicted molar refractivity (Wildman–Crippen MR) is 262 cm³/mol. The van der Waals surface area contributed by atoms with Crippen LogP contribution in [0.15, 0.2) is 50.8 Å². The molecule has 3 heterocycles. The molecule has 0 aromatic rings. The largest absolute Gasteiger partial charge is 0.460 e. The van der Waals surface area contributed by atoms with Crippen LogP contribution in [0.2, 0.25) is 0 Å². The van der Waals surface area contributed by atoms with Crippen molar-refractivity contribution in [2.75, 3.05) is 27.9 Å². The predicted octanol–water partition coefficient (Wildman–Crippen LogP) is 7.40. The molecule has 3 fully saturated rings. The number of allylic oxidation sites excluding steroid dienone is 6. The van der Waals surface area contributed by atoms with Crippen LogP contribution in [0.1, 0.15) is 126 Å². The molecule has 66 heavy (non-hydrogen) atoms. The molecule has 1 aliphatic carbocycles. The van der Waals surface area contributed by atoms with Crippen molar-refractivity contribution in [3.05, 3.63) is 47.6 Å². The van der Waals surface area contributed by atoms with Crippen molar-refractivity contribution in [3.8, 4) is 0 Å². The van der Waals surface area contributed by atoms with Crippen molar-refractivity contribution >= 4 is 52.0 Å². The summed E-state index contributed by atoms with van der Waals surface area (Å²) in [6.45, 7) is 13.3. The number of esters is 1. The molecule has 2 saturated heterocycles. The highest BCUT2D eigenvalue weighted by Gasteiger charge is 2.53. The Bertz CT molecular complexity index is 1800. The average molecular weight is 1040 g/mol. The van der Waals surface area contributed by atoms with E-state index in [4.69, 9.17) is 23.7 Å². The number of aliphatic hydroxyl groups is 3. The zero-order chi connectivity index (χ0) is 48.9. The zero-order valence-electron chi connectivity index (χ0n) is 41.0. The fourth-order valence-electron chi connectivity index (χ4n) is 10.2. The summed E-state index contributed by atoms with van der Waals surface area (Å²) in [5.41, 5.74) is 2.11. The Morgan fingerprint density at radius 2 is 1.62 bits per heavy atom. The summed E-state index contributed by atoms with van der Waals surface area (Å²) in [6.07, 6.45) is 12.9. The van der Waals surface area contributed by atoms with Crippen LogP contribution in [-0.2, 0) is 42.9 Å². The first-order chi connectivity index (χ1) is 31.3. The van der Waals surface area contributed by atoms with E-state index in [0.717, 1.165) is 12.0 Å². The van der Waals surface area contributed by atoms with Gasteiger partial charge in [0, 0.05) is 64.2 Å². The molecule has 0 aromatic carbocycles. The molecule has 372 valence electrons. The van der Waals surface area contributed by atoms with Crippen molar-refractivity contribution in [2.24, 2.45) is 38.7 Å². The maximum atomic E-state index is 14.5. The molecule has 0 radical (unpaired) electrons. The monoisotopic (exact) mass is 1040 g/mol. The van der Waals surface area contributed by atoms with Crippen molar-refractivity contribution in [1.82, 2.24) is 4.90 Å². The van der Waals surface area contributed by atoms with E-state index >= 15 is 0 Å². The summed E-state index contributed by atoms with van der Waals surface area (Å²) in [6, 6.07) is -1.07. The first-order valence-electron chi connectivity index (χ1n) is 24.1. The number of carbonyl (C=O) groups is 4. The number of amides is 1. The van der Waals surface area contributed by atoms with Crippen LogP contribution >= 0.6 is 22.9 Å². The Morgan fingerprint density at radius 3 is 2.29 bits per heavy atom. The lowest BCUT2D eigenvalue weighted by Gasteiger charge is -2.42. The molecule has 1 saturated carbocycles. The highest BCUT2D eigenvalue weighted by Crippen LogP contribution is 2.38. The summed E-state index contributed by atoms with van der Waals surface area (Å²) < 4.78 is 34.4. The van der Waals surface area contributed by atoms with Gasteiger partial charge in [0.1, 0.15) is 24.4 Å². The third-order valence-corrected chi connectivity index (χ3v) is 15.2. The minimum Gasteiger partial charge on any atom is -0.460 e. The second-order valence-corrected chi connectivity index (χ2v) is 20.2. The number of ether oxygens (including phenoxy) is 5. The lowest BCUT2D eigenvalue weighted by molar-refractivity contribution is -0.265. The van der Waals surface area contributed by atoms with E-state index in [2.05, 4.69) is 3.21 Å². The van der Waals surface area contributed by atoms with Crippen LogP contribution in [0.3, 0.4) is 0 Å². The van der Waals surface area contributed by atoms with E-state index in [0.29, 0.717) is 69.1 Å².